The summed E-state index contributed by atoms with van der Waals surface area (Å²) in [6.45, 7) is 19.5. The van der Waals surface area contributed by atoms with Crippen molar-refractivity contribution in [2.75, 3.05) is 0 Å². The van der Waals surface area contributed by atoms with Crippen molar-refractivity contribution in [3.63, 3.8) is 0 Å². The van der Waals surface area contributed by atoms with Crippen LogP contribution in [0, 0.1) is 0 Å². The van der Waals surface area contributed by atoms with Crippen molar-refractivity contribution < 1.29 is 0 Å². The fraction of sp³-hybridized carbons (Fsp3) is 0.581. The summed E-state index contributed by atoms with van der Waals surface area (Å²) in [5, 5.41) is 6.48. The van der Waals surface area contributed by atoms with Crippen LogP contribution in [0.1, 0.15) is 244 Å². The number of fused-ring (bicyclic) bond motifs is 8. The molecular formula is C62H82. The van der Waals surface area contributed by atoms with Gasteiger partial charge in [0.2, 0.25) is 0 Å². The molecule has 0 fully saturated rings. The van der Waals surface area contributed by atoms with E-state index in [9.17, 15) is 0 Å². The molecule has 0 spiro atoms. The first-order valence-corrected chi connectivity index (χ1v) is 26.9. The third-order valence-corrected chi connectivity index (χ3v) is 16.6. The van der Waals surface area contributed by atoms with E-state index in [-0.39, 0.29) is 0 Å². The van der Waals surface area contributed by atoms with E-state index in [4.69, 9.17) is 0 Å². The standard InChI is InChI=1S/C62H82/c1-9-21-39-47-29-17-18-30-48(47)40(22-10-2)52-34-56-44(26-14-6)60-38-62-46(28-16-8)58-36-54-42(24-12-4)50-32-20-19-31-49(50)41(23-11-3)53(54)35-57(58)45(27-15-7)61(62)37-59(60)43(25-13-5)55(56)33-51(39)52/h37-38H,9-36H2,1-8H3. The summed E-state index contributed by atoms with van der Waals surface area (Å²) in [7, 11) is 0. The molecule has 4 aliphatic rings. The van der Waals surface area contributed by atoms with Crippen LogP contribution in [-0.4, -0.2) is 0 Å². The van der Waals surface area contributed by atoms with Crippen LogP contribution in [-0.2, 0) is 103 Å². The normalized spacial score (nSPS) is 15.4. The SMILES string of the molecule is CCCc1c2c(c(CCC)c3c1Cc1c(c(CCC)c4cc5c(CCC)c6c(c(CCC)c5cc4c1CCC)Cc1c(CCC)c4c(c(CCC)c1C6)CCCC4)C3)CCCC2. The lowest BCUT2D eigenvalue weighted by molar-refractivity contribution is 0.659. The molecule has 5 aromatic carbocycles. The van der Waals surface area contributed by atoms with E-state index >= 15 is 0 Å². The first-order chi connectivity index (χ1) is 30.5. The minimum absolute atomic E-state index is 1.17. The Hall–Kier alpha value is -3.38. The van der Waals surface area contributed by atoms with E-state index in [1.807, 2.05) is 0 Å². The minimum atomic E-state index is 1.17. The molecule has 0 radical (unpaired) electrons. The number of hydrogen-bond donors (Lipinski definition) is 0. The summed E-state index contributed by atoms with van der Waals surface area (Å²) in [6, 6.07) is 5.66. The highest BCUT2D eigenvalue weighted by Gasteiger charge is 2.34. The molecule has 0 unspecified atom stereocenters. The first kappa shape index (κ1) is 43.9. The molecule has 0 heterocycles. The van der Waals surface area contributed by atoms with Gasteiger partial charge < -0.3 is 0 Å². The first-order valence-electron chi connectivity index (χ1n) is 26.9. The van der Waals surface area contributed by atoms with Crippen molar-refractivity contribution in [1.29, 1.82) is 0 Å². The van der Waals surface area contributed by atoms with Gasteiger partial charge in [-0.05, 0) is 273 Å². The second kappa shape index (κ2) is 19.0. The van der Waals surface area contributed by atoms with E-state index in [0.29, 0.717) is 0 Å². The van der Waals surface area contributed by atoms with Crippen LogP contribution in [0.4, 0.5) is 0 Å². The third-order valence-electron chi connectivity index (χ3n) is 16.6. The number of hydrogen-bond acceptors (Lipinski definition) is 0. The zero-order valence-corrected chi connectivity index (χ0v) is 41.0. The van der Waals surface area contributed by atoms with Crippen molar-refractivity contribution in [2.45, 2.75) is 235 Å². The van der Waals surface area contributed by atoms with E-state index in [1.165, 1.54) is 180 Å². The van der Waals surface area contributed by atoms with Gasteiger partial charge in [-0.3, -0.25) is 0 Å². The second-order valence-electron chi connectivity index (χ2n) is 20.6. The average molecular weight is 827 g/mol. The van der Waals surface area contributed by atoms with Crippen LogP contribution < -0.4 is 0 Å². The molecule has 0 atom stereocenters. The molecule has 0 saturated carbocycles. The molecule has 0 saturated heterocycles. The van der Waals surface area contributed by atoms with Gasteiger partial charge >= 0.3 is 0 Å². The molecule has 0 aromatic heterocycles. The Morgan fingerprint density at radius 2 is 0.419 bits per heavy atom. The molecule has 9 rings (SSSR count). The van der Waals surface area contributed by atoms with Gasteiger partial charge in [0.25, 0.3) is 0 Å². The van der Waals surface area contributed by atoms with Crippen molar-refractivity contribution in [3.8, 4) is 0 Å². The van der Waals surface area contributed by atoms with Crippen molar-refractivity contribution in [2.24, 2.45) is 0 Å². The van der Waals surface area contributed by atoms with E-state index in [0.717, 1.165) is 0 Å². The molecule has 330 valence electrons. The predicted octanol–water partition coefficient (Wildman–Crippen LogP) is 16.4. The van der Waals surface area contributed by atoms with Crippen LogP contribution in [0.2, 0.25) is 0 Å². The van der Waals surface area contributed by atoms with Crippen LogP contribution in [0.3, 0.4) is 0 Å². The van der Waals surface area contributed by atoms with Crippen molar-refractivity contribution >= 4 is 21.5 Å². The quantitative estimate of drug-likeness (QED) is 0.0852. The third kappa shape index (κ3) is 7.33. The van der Waals surface area contributed by atoms with Gasteiger partial charge in [0.1, 0.15) is 0 Å². The van der Waals surface area contributed by atoms with Gasteiger partial charge in [0.05, 0.1) is 0 Å². The lowest BCUT2D eigenvalue weighted by Gasteiger charge is -2.35. The molecule has 0 bridgehead atoms. The Kier molecular flexibility index (Phi) is 13.4. The number of aryl methyl sites for hydroxylation is 4. The lowest BCUT2D eigenvalue weighted by atomic mass is 9.69. The van der Waals surface area contributed by atoms with Crippen molar-refractivity contribution in [1.82, 2.24) is 0 Å². The maximum Gasteiger partial charge on any atom is -0.00141 e. The zero-order valence-electron chi connectivity index (χ0n) is 41.0. The minimum Gasteiger partial charge on any atom is -0.0651 e. The Morgan fingerprint density at radius 3 is 0.613 bits per heavy atom. The Morgan fingerprint density at radius 1 is 0.242 bits per heavy atom. The van der Waals surface area contributed by atoms with Crippen LogP contribution in [0.15, 0.2) is 12.1 Å². The largest absolute Gasteiger partial charge is 0.0651 e. The summed E-state index contributed by atoms with van der Waals surface area (Å²) in [4.78, 5) is 0. The summed E-state index contributed by atoms with van der Waals surface area (Å²) >= 11 is 0. The van der Waals surface area contributed by atoms with E-state index in [1.54, 1.807) is 133 Å². The molecule has 62 heavy (non-hydrogen) atoms. The Labute approximate surface area is 378 Å². The van der Waals surface area contributed by atoms with E-state index < -0.39 is 0 Å². The summed E-state index contributed by atoms with van der Waals surface area (Å²) < 4.78 is 0. The topological polar surface area (TPSA) is 0 Å². The molecule has 0 amide bonds. The van der Waals surface area contributed by atoms with Gasteiger partial charge in [-0.25, -0.2) is 0 Å². The van der Waals surface area contributed by atoms with Gasteiger partial charge in [-0.2, -0.15) is 0 Å². The van der Waals surface area contributed by atoms with Crippen LogP contribution in [0.5, 0.6) is 0 Å². The van der Waals surface area contributed by atoms with E-state index in [2.05, 4.69) is 67.5 Å². The number of benzene rings is 5. The fourth-order valence-corrected chi connectivity index (χ4v) is 14.3. The Balaban J connectivity index is 1.34. The molecule has 0 N–H and O–H groups in total. The van der Waals surface area contributed by atoms with Gasteiger partial charge in [-0.1, -0.05) is 107 Å². The van der Waals surface area contributed by atoms with Crippen LogP contribution in [0.25, 0.3) is 21.5 Å². The Bertz CT molecular complexity index is 2160. The second-order valence-corrected chi connectivity index (χ2v) is 20.6. The summed E-state index contributed by atoms with van der Waals surface area (Å²) in [6.07, 6.45) is 35.1. The fourth-order valence-electron chi connectivity index (χ4n) is 14.3. The molecule has 5 aromatic rings. The summed E-state index contributed by atoms with van der Waals surface area (Å²) in [5.41, 5.74) is 35.3. The highest BCUT2D eigenvalue weighted by molar-refractivity contribution is 6.06. The molecular weight excluding hydrogens is 745 g/mol. The van der Waals surface area contributed by atoms with Crippen LogP contribution >= 0.6 is 0 Å². The highest BCUT2D eigenvalue weighted by atomic mass is 14.4. The predicted molar refractivity (Wildman–Crippen MR) is 271 cm³/mol. The summed E-state index contributed by atoms with van der Waals surface area (Å²) in [5.74, 6) is 0. The molecule has 4 aliphatic carbocycles. The zero-order chi connectivity index (χ0) is 43.1. The smallest absolute Gasteiger partial charge is 0.00141 e. The van der Waals surface area contributed by atoms with Gasteiger partial charge in [0, 0.05) is 0 Å². The van der Waals surface area contributed by atoms with Gasteiger partial charge in [-0.15, -0.1) is 0 Å². The molecule has 0 heteroatoms. The maximum atomic E-state index is 2.83. The van der Waals surface area contributed by atoms with Gasteiger partial charge in [0.15, 0.2) is 0 Å². The monoisotopic (exact) mass is 827 g/mol. The molecule has 0 nitrogen and oxygen atoms in total. The average Bonchev–Trinajstić information content (AvgIpc) is 3.29. The highest BCUT2D eigenvalue weighted by Crippen LogP contribution is 2.49. The molecule has 0 aliphatic heterocycles. The van der Waals surface area contributed by atoms with Crippen molar-refractivity contribution in [3.05, 3.63) is 123 Å². The number of rotatable bonds is 16. The lowest BCUT2D eigenvalue weighted by Crippen LogP contribution is -2.22. The maximum absolute atomic E-state index is 2.83.